The second-order valence-electron chi connectivity index (χ2n) is 6.82. The summed E-state index contributed by atoms with van der Waals surface area (Å²) < 4.78 is 23.1. The number of rotatable bonds is 3. The van der Waals surface area contributed by atoms with Crippen molar-refractivity contribution in [2.45, 2.75) is 19.9 Å². The Morgan fingerprint density at radius 2 is 2.00 bits per heavy atom. The van der Waals surface area contributed by atoms with Crippen molar-refractivity contribution in [2.75, 3.05) is 5.75 Å². The van der Waals surface area contributed by atoms with E-state index < -0.39 is 15.9 Å². The Morgan fingerprint density at radius 3 is 2.70 bits per heavy atom. The number of nitrogens with one attached hydrogen (secondary N) is 2. The van der Waals surface area contributed by atoms with Crippen molar-refractivity contribution in [1.82, 2.24) is 15.3 Å². The highest BCUT2D eigenvalue weighted by atomic mass is 32.2. The number of hydrogen-bond acceptors (Lipinski definition) is 4. The van der Waals surface area contributed by atoms with E-state index in [9.17, 15) is 13.2 Å². The van der Waals surface area contributed by atoms with Crippen molar-refractivity contribution in [3.63, 3.8) is 0 Å². The van der Waals surface area contributed by atoms with Crippen LogP contribution in [0.5, 0.6) is 0 Å². The molecule has 1 aliphatic heterocycles. The Bertz CT molecular complexity index is 1190. The number of sulfone groups is 1. The van der Waals surface area contributed by atoms with Gasteiger partial charge in [0.25, 0.3) is 5.91 Å². The number of aromatic amines is 1. The van der Waals surface area contributed by atoms with E-state index in [4.69, 9.17) is 0 Å². The lowest BCUT2D eigenvalue weighted by molar-refractivity contribution is 0.0949. The largest absolute Gasteiger partial charge is 0.345 e. The summed E-state index contributed by atoms with van der Waals surface area (Å²) in [6.07, 6.45) is 3.06. The molecule has 1 aliphatic rings. The number of hydrogen-bond donors (Lipinski definition) is 2. The molecule has 0 aliphatic carbocycles. The lowest BCUT2D eigenvalue weighted by Crippen LogP contribution is -2.35. The summed E-state index contributed by atoms with van der Waals surface area (Å²) in [6.45, 7) is 4.13. The van der Waals surface area contributed by atoms with Crippen LogP contribution in [0.1, 0.15) is 21.5 Å². The van der Waals surface area contributed by atoms with Gasteiger partial charge >= 0.3 is 0 Å². The zero-order valence-corrected chi connectivity index (χ0v) is 15.8. The van der Waals surface area contributed by atoms with Gasteiger partial charge in [0.1, 0.15) is 5.52 Å². The monoisotopic (exact) mass is 381 g/mol. The molecule has 27 heavy (non-hydrogen) atoms. The Hall–Kier alpha value is -2.93. The highest BCUT2D eigenvalue weighted by Crippen LogP contribution is 2.30. The molecule has 0 saturated heterocycles. The molecule has 2 N–H and O–H groups in total. The molecular weight excluding hydrogens is 362 g/mol. The van der Waals surface area contributed by atoms with Crippen LogP contribution in [0.25, 0.3) is 22.2 Å². The fraction of sp³-hybridized carbons (Fsp3) is 0.200. The summed E-state index contributed by atoms with van der Waals surface area (Å²) >= 11 is 0. The van der Waals surface area contributed by atoms with Gasteiger partial charge < -0.3 is 10.3 Å². The second kappa shape index (κ2) is 6.35. The zero-order valence-electron chi connectivity index (χ0n) is 15.0. The molecule has 2 aromatic carbocycles. The van der Waals surface area contributed by atoms with E-state index in [1.165, 1.54) is 17.2 Å². The van der Waals surface area contributed by atoms with Crippen LogP contribution in [-0.4, -0.2) is 36.1 Å². The van der Waals surface area contributed by atoms with Crippen molar-refractivity contribution >= 4 is 26.8 Å². The Morgan fingerprint density at radius 1 is 1.19 bits per heavy atom. The van der Waals surface area contributed by atoms with Crippen LogP contribution in [0.3, 0.4) is 0 Å². The van der Waals surface area contributed by atoms with Gasteiger partial charge in [0.2, 0.25) is 0 Å². The summed E-state index contributed by atoms with van der Waals surface area (Å²) in [5.41, 5.74) is 6.17. The standard InChI is InChI=1S/C20H19N3O3S/c1-12-3-4-14(9-13(12)2)16-5-6-17(19-18(16)21-11-22-19)20(24)23-15-7-8-27(25,26)10-15/h3-9,11,15H,10H2,1-2H3,(H,21,22)(H,23,24)/t15-/m1/s1. The third-order valence-corrected chi connectivity index (χ3v) is 6.29. The van der Waals surface area contributed by atoms with Crippen LogP contribution < -0.4 is 5.32 Å². The molecule has 0 fully saturated rings. The van der Waals surface area contributed by atoms with E-state index in [-0.39, 0.29) is 11.7 Å². The quantitative estimate of drug-likeness (QED) is 0.730. The van der Waals surface area contributed by atoms with E-state index in [1.54, 1.807) is 12.4 Å². The SMILES string of the molecule is Cc1ccc(-c2ccc(C(=O)N[C@@H]3C=CS(=O)(=O)C3)c3nc[nH]c23)cc1C. The maximum atomic E-state index is 12.7. The zero-order chi connectivity index (χ0) is 19.2. The Kier molecular flexibility index (Phi) is 4.11. The van der Waals surface area contributed by atoms with Gasteiger partial charge in [-0.05, 0) is 42.7 Å². The van der Waals surface area contributed by atoms with Crippen LogP contribution in [0.15, 0.2) is 48.1 Å². The molecule has 1 atom stereocenters. The number of aromatic nitrogens is 2. The number of imidazole rings is 1. The third kappa shape index (κ3) is 3.26. The van der Waals surface area contributed by atoms with E-state index in [0.717, 1.165) is 22.1 Å². The summed E-state index contributed by atoms with van der Waals surface area (Å²) in [6, 6.07) is 9.33. The smallest absolute Gasteiger partial charge is 0.254 e. The maximum absolute atomic E-state index is 12.7. The van der Waals surface area contributed by atoms with Crippen LogP contribution in [-0.2, 0) is 9.84 Å². The van der Waals surface area contributed by atoms with Crippen molar-refractivity contribution < 1.29 is 13.2 Å². The summed E-state index contributed by atoms with van der Waals surface area (Å²) in [5, 5.41) is 3.89. The van der Waals surface area contributed by atoms with Gasteiger partial charge in [-0.25, -0.2) is 13.4 Å². The molecule has 6 nitrogen and oxygen atoms in total. The molecule has 2 heterocycles. The topological polar surface area (TPSA) is 91.9 Å². The molecule has 0 spiro atoms. The number of nitrogens with zero attached hydrogens (tertiary/aromatic N) is 1. The van der Waals surface area contributed by atoms with E-state index in [0.29, 0.717) is 11.1 Å². The average Bonchev–Trinajstić information content (AvgIpc) is 3.23. The van der Waals surface area contributed by atoms with Gasteiger partial charge in [-0.15, -0.1) is 0 Å². The number of carbonyl (C=O) groups excluding carboxylic acids is 1. The summed E-state index contributed by atoms with van der Waals surface area (Å²) in [4.78, 5) is 20.1. The third-order valence-electron chi connectivity index (χ3n) is 4.89. The molecule has 0 radical (unpaired) electrons. The van der Waals surface area contributed by atoms with Gasteiger partial charge in [-0.2, -0.15) is 0 Å². The number of carbonyl (C=O) groups is 1. The first-order valence-corrected chi connectivity index (χ1v) is 10.3. The van der Waals surface area contributed by atoms with E-state index in [2.05, 4.69) is 41.3 Å². The number of aryl methyl sites for hydroxylation is 2. The van der Waals surface area contributed by atoms with Crippen molar-refractivity contribution in [2.24, 2.45) is 0 Å². The average molecular weight is 381 g/mol. The van der Waals surface area contributed by atoms with Crippen molar-refractivity contribution in [1.29, 1.82) is 0 Å². The molecule has 0 bridgehead atoms. The molecule has 138 valence electrons. The lowest BCUT2D eigenvalue weighted by atomic mass is 9.98. The van der Waals surface area contributed by atoms with E-state index in [1.807, 2.05) is 12.1 Å². The van der Waals surface area contributed by atoms with Gasteiger partial charge in [0.15, 0.2) is 9.84 Å². The Labute approximate surface area is 157 Å². The predicted octanol–water partition coefficient (Wildman–Crippen LogP) is 2.89. The minimum Gasteiger partial charge on any atom is -0.345 e. The minimum atomic E-state index is -3.22. The highest BCUT2D eigenvalue weighted by Gasteiger charge is 2.24. The molecular formula is C20H19N3O3S. The van der Waals surface area contributed by atoms with E-state index >= 15 is 0 Å². The van der Waals surface area contributed by atoms with Crippen LogP contribution >= 0.6 is 0 Å². The molecule has 3 aromatic rings. The molecule has 1 amide bonds. The summed E-state index contributed by atoms with van der Waals surface area (Å²) in [7, 11) is -3.22. The van der Waals surface area contributed by atoms with Gasteiger partial charge in [0.05, 0.1) is 29.2 Å². The highest BCUT2D eigenvalue weighted by molar-refractivity contribution is 7.94. The number of H-pyrrole nitrogens is 1. The molecule has 0 unspecified atom stereocenters. The first-order chi connectivity index (χ1) is 12.8. The normalized spacial score (nSPS) is 18.1. The van der Waals surface area contributed by atoms with Crippen molar-refractivity contribution in [3.05, 3.63) is 64.8 Å². The fourth-order valence-electron chi connectivity index (χ4n) is 3.28. The van der Waals surface area contributed by atoms with Crippen molar-refractivity contribution in [3.8, 4) is 11.1 Å². The van der Waals surface area contributed by atoms with Crippen LogP contribution in [0.2, 0.25) is 0 Å². The first-order valence-electron chi connectivity index (χ1n) is 8.59. The second-order valence-corrected chi connectivity index (χ2v) is 8.76. The lowest BCUT2D eigenvalue weighted by Gasteiger charge is -2.12. The van der Waals surface area contributed by atoms with Gasteiger partial charge in [0, 0.05) is 11.0 Å². The van der Waals surface area contributed by atoms with Crippen LogP contribution in [0, 0.1) is 13.8 Å². The Balaban J connectivity index is 1.70. The molecule has 1 aromatic heterocycles. The summed E-state index contributed by atoms with van der Waals surface area (Å²) in [5.74, 6) is -0.450. The first kappa shape index (κ1) is 17.5. The fourth-order valence-corrected chi connectivity index (χ4v) is 4.51. The molecule has 0 saturated carbocycles. The molecule has 7 heteroatoms. The van der Waals surface area contributed by atoms with Crippen LogP contribution in [0.4, 0.5) is 0 Å². The number of benzene rings is 2. The minimum absolute atomic E-state index is 0.108. The predicted molar refractivity (Wildman–Crippen MR) is 105 cm³/mol. The molecule has 4 rings (SSSR count). The number of fused-ring (bicyclic) bond motifs is 1. The maximum Gasteiger partial charge on any atom is 0.254 e. The number of amides is 1. The van der Waals surface area contributed by atoms with Gasteiger partial charge in [-0.3, -0.25) is 4.79 Å². The van der Waals surface area contributed by atoms with Gasteiger partial charge in [-0.1, -0.05) is 24.3 Å².